The molecule has 2 unspecified atom stereocenters. The van der Waals surface area contributed by atoms with Gasteiger partial charge in [-0.25, -0.2) is 4.98 Å². The number of aromatic nitrogens is 4. The first-order valence-electron chi connectivity index (χ1n) is 8.92. The molecule has 7 nitrogen and oxygen atoms in total. The molecule has 1 saturated carbocycles. The third-order valence-corrected chi connectivity index (χ3v) is 6.55. The number of amides is 1. The highest BCUT2D eigenvalue weighted by atomic mass is 32.1. The summed E-state index contributed by atoms with van der Waals surface area (Å²) in [7, 11) is 0. The van der Waals surface area contributed by atoms with Crippen LogP contribution in [0.2, 0.25) is 0 Å². The van der Waals surface area contributed by atoms with Crippen LogP contribution in [-0.2, 0) is 9.59 Å². The molecule has 3 aromatic heterocycles. The van der Waals surface area contributed by atoms with E-state index in [0.29, 0.717) is 12.2 Å². The average Bonchev–Trinajstić information content (AvgIpc) is 3.26. The Kier molecular flexibility index (Phi) is 4.30. The molecule has 27 heavy (non-hydrogen) atoms. The molecule has 0 spiro atoms. The summed E-state index contributed by atoms with van der Waals surface area (Å²) in [6, 6.07) is 5.85. The Hall–Kier alpha value is -2.61. The van der Waals surface area contributed by atoms with Crippen molar-refractivity contribution in [1.82, 2.24) is 19.6 Å². The van der Waals surface area contributed by atoms with Gasteiger partial charge in [0.2, 0.25) is 5.91 Å². The van der Waals surface area contributed by atoms with E-state index in [4.69, 9.17) is 0 Å². The van der Waals surface area contributed by atoms with Crippen molar-refractivity contribution in [3.05, 3.63) is 29.8 Å². The lowest BCUT2D eigenvalue weighted by molar-refractivity contribution is -0.139. The minimum absolute atomic E-state index is 0.0428. The quantitative estimate of drug-likeness (QED) is 0.729. The Morgan fingerprint density at radius 2 is 2.19 bits per heavy atom. The largest absolute Gasteiger partial charge is 0.300 e. The van der Waals surface area contributed by atoms with E-state index in [2.05, 4.69) is 34.2 Å². The van der Waals surface area contributed by atoms with Gasteiger partial charge in [0, 0.05) is 18.5 Å². The Balaban J connectivity index is 1.49. The standard InChI is InChI=1S/C19H21N5O2S/c1-11(25)13-9-12(19(13,2)3)10-16(26)21-17-22-18-20-7-6-14(24(18)23-17)15-5-4-8-27-15/h4-8,12-13H,9-10H2,1-3H3,(H,21,23,26). The second kappa shape index (κ2) is 6.53. The molecule has 8 heteroatoms. The minimum atomic E-state index is -0.149. The van der Waals surface area contributed by atoms with E-state index in [-0.39, 0.29) is 34.9 Å². The van der Waals surface area contributed by atoms with Crippen LogP contribution in [0.15, 0.2) is 29.8 Å². The summed E-state index contributed by atoms with van der Waals surface area (Å²) in [5, 5.41) is 9.18. The van der Waals surface area contributed by atoms with Crippen molar-refractivity contribution in [3.8, 4) is 10.6 Å². The summed E-state index contributed by atoms with van der Waals surface area (Å²) in [5.74, 6) is 0.979. The number of nitrogens with one attached hydrogen (secondary N) is 1. The molecule has 1 N–H and O–H groups in total. The number of Topliss-reactive ketones (excluding diaryl/α,β-unsaturated/α-hetero) is 1. The molecule has 1 aliphatic carbocycles. The Bertz CT molecular complexity index is 1010. The SMILES string of the molecule is CC(=O)C1CC(CC(=O)Nc2nc3nccc(-c4cccs4)n3n2)C1(C)C. The van der Waals surface area contributed by atoms with E-state index in [1.165, 1.54) is 0 Å². The molecule has 0 aliphatic heterocycles. The number of nitrogens with zero attached hydrogens (tertiary/aromatic N) is 4. The Morgan fingerprint density at radius 1 is 1.37 bits per heavy atom. The smallest absolute Gasteiger partial charge is 0.254 e. The minimum Gasteiger partial charge on any atom is -0.300 e. The monoisotopic (exact) mass is 383 g/mol. The molecular formula is C19H21N5O2S. The summed E-state index contributed by atoms with van der Waals surface area (Å²) in [5.41, 5.74) is 0.732. The molecule has 140 valence electrons. The molecule has 1 fully saturated rings. The number of carbonyl (C=O) groups is 2. The number of rotatable bonds is 5. The Labute approximate surface area is 160 Å². The summed E-state index contributed by atoms with van der Waals surface area (Å²) in [4.78, 5) is 33.7. The first-order valence-corrected chi connectivity index (χ1v) is 9.80. The first-order chi connectivity index (χ1) is 12.9. The highest BCUT2D eigenvalue weighted by Crippen LogP contribution is 2.53. The van der Waals surface area contributed by atoms with E-state index < -0.39 is 0 Å². The van der Waals surface area contributed by atoms with Crippen molar-refractivity contribution >= 4 is 34.8 Å². The first kappa shape index (κ1) is 17.8. The van der Waals surface area contributed by atoms with E-state index in [1.54, 1.807) is 29.0 Å². The summed E-state index contributed by atoms with van der Waals surface area (Å²) < 4.78 is 1.64. The van der Waals surface area contributed by atoms with Gasteiger partial charge in [0.1, 0.15) is 5.78 Å². The fraction of sp³-hybridized carbons (Fsp3) is 0.421. The number of hydrogen-bond acceptors (Lipinski definition) is 6. The molecule has 0 aromatic carbocycles. The highest BCUT2D eigenvalue weighted by Gasteiger charge is 2.50. The van der Waals surface area contributed by atoms with Crippen LogP contribution in [0.4, 0.5) is 5.95 Å². The van der Waals surface area contributed by atoms with Crippen LogP contribution in [0, 0.1) is 17.3 Å². The molecule has 1 amide bonds. The number of hydrogen-bond donors (Lipinski definition) is 1. The van der Waals surface area contributed by atoms with Gasteiger partial charge in [-0.2, -0.15) is 9.50 Å². The zero-order chi connectivity index (χ0) is 19.2. The predicted molar refractivity (Wildman–Crippen MR) is 103 cm³/mol. The van der Waals surface area contributed by atoms with E-state index in [0.717, 1.165) is 17.0 Å². The van der Waals surface area contributed by atoms with Crippen molar-refractivity contribution in [2.24, 2.45) is 17.3 Å². The van der Waals surface area contributed by atoms with Gasteiger partial charge in [0.15, 0.2) is 0 Å². The molecule has 1 aliphatic rings. The lowest BCUT2D eigenvalue weighted by atomic mass is 9.52. The zero-order valence-electron chi connectivity index (χ0n) is 15.5. The van der Waals surface area contributed by atoms with Gasteiger partial charge in [-0.3, -0.25) is 14.9 Å². The molecule has 0 radical (unpaired) electrons. The Morgan fingerprint density at radius 3 is 2.85 bits per heavy atom. The van der Waals surface area contributed by atoms with E-state index >= 15 is 0 Å². The molecule has 2 atom stereocenters. The lowest BCUT2D eigenvalue weighted by Crippen LogP contribution is -2.49. The van der Waals surface area contributed by atoms with Gasteiger partial charge in [-0.05, 0) is 42.2 Å². The second-order valence-electron chi connectivity index (χ2n) is 7.62. The molecular weight excluding hydrogens is 362 g/mol. The van der Waals surface area contributed by atoms with Crippen LogP contribution in [0.1, 0.15) is 33.6 Å². The molecule has 3 aromatic rings. The van der Waals surface area contributed by atoms with Gasteiger partial charge in [-0.1, -0.05) is 19.9 Å². The van der Waals surface area contributed by atoms with E-state index in [1.807, 2.05) is 23.6 Å². The summed E-state index contributed by atoms with van der Waals surface area (Å²) in [6.07, 6.45) is 2.80. The van der Waals surface area contributed by atoms with Gasteiger partial charge < -0.3 is 0 Å². The maximum absolute atomic E-state index is 12.5. The normalized spacial score (nSPS) is 21.0. The van der Waals surface area contributed by atoms with Crippen LogP contribution < -0.4 is 5.32 Å². The zero-order valence-corrected chi connectivity index (χ0v) is 16.3. The lowest BCUT2D eigenvalue weighted by Gasteiger charge is -2.51. The van der Waals surface area contributed by atoms with Crippen LogP contribution in [0.5, 0.6) is 0 Å². The van der Waals surface area contributed by atoms with Crippen LogP contribution in [0.25, 0.3) is 16.3 Å². The molecule has 4 rings (SSSR count). The van der Waals surface area contributed by atoms with Crippen molar-refractivity contribution in [1.29, 1.82) is 0 Å². The predicted octanol–water partition coefficient (Wildman–Crippen LogP) is 3.43. The van der Waals surface area contributed by atoms with Gasteiger partial charge >= 0.3 is 0 Å². The van der Waals surface area contributed by atoms with Crippen molar-refractivity contribution in [3.63, 3.8) is 0 Å². The highest BCUT2D eigenvalue weighted by molar-refractivity contribution is 7.13. The summed E-state index contributed by atoms with van der Waals surface area (Å²) in [6.45, 7) is 5.74. The maximum Gasteiger partial charge on any atom is 0.254 e. The number of carbonyl (C=O) groups excluding carboxylic acids is 2. The van der Waals surface area contributed by atoms with Crippen LogP contribution >= 0.6 is 11.3 Å². The van der Waals surface area contributed by atoms with E-state index in [9.17, 15) is 9.59 Å². The summed E-state index contributed by atoms with van der Waals surface area (Å²) >= 11 is 1.60. The third-order valence-electron chi connectivity index (χ3n) is 5.66. The van der Waals surface area contributed by atoms with Crippen LogP contribution in [-0.4, -0.2) is 31.3 Å². The number of fused-ring (bicyclic) bond motifs is 1. The average molecular weight is 383 g/mol. The fourth-order valence-electron chi connectivity index (χ4n) is 3.91. The van der Waals surface area contributed by atoms with Gasteiger partial charge in [0.05, 0.1) is 10.6 Å². The number of thiophene rings is 1. The van der Waals surface area contributed by atoms with Crippen LogP contribution in [0.3, 0.4) is 0 Å². The number of anilines is 1. The number of ketones is 1. The van der Waals surface area contributed by atoms with Crippen molar-refractivity contribution in [2.75, 3.05) is 5.32 Å². The molecule has 3 heterocycles. The molecule has 0 saturated heterocycles. The van der Waals surface area contributed by atoms with Gasteiger partial charge in [0.25, 0.3) is 11.7 Å². The van der Waals surface area contributed by atoms with Gasteiger partial charge in [-0.15, -0.1) is 16.4 Å². The topological polar surface area (TPSA) is 89.2 Å². The third kappa shape index (κ3) is 3.14. The maximum atomic E-state index is 12.5. The van der Waals surface area contributed by atoms with Crippen molar-refractivity contribution in [2.45, 2.75) is 33.6 Å². The second-order valence-corrected chi connectivity index (χ2v) is 8.57. The van der Waals surface area contributed by atoms with Crippen molar-refractivity contribution < 1.29 is 9.59 Å². The molecule has 0 bridgehead atoms. The fourth-order valence-corrected chi connectivity index (χ4v) is 4.65.